The summed E-state index contributed by atoms with van der Waals surface area (Å²) in [5.74, 6) is 0.0196. The predicted molar refractivity (Wildman–Crippen MR) is 65.1 cm³/mol. The van der Waals surface area contributed by atoms with Crippen molar-refractivity contribution in [3.05, 3.63) is 34.9 Å². The van der Waals surface area contributed by atoms with Gasteiger partial charge in [0.05, 0.1) is 5.75 Å². The average Bonchev–Trinajstić information content (AvgIpc) is 2.61. The SMILES string of the molecule is CS(=O)(=O)CC(N)c1ccc2c(c1)CCC2. The average molecular weight is 239 g/mol. The highest BCUT2D eigenvalue weighted by Gasteiger charge is 2.16. The first kappa shape index (κ1) is 11.6. The summed E-state index contributed by atoms with van der Waals surface area (Å²) < 4.78 is 22.3. The summed E-state index contributed by atoms with van der Waals surface area (Å²) in [5.41, 5.74) is 9.55. The summed E-state index contributed by atoms with van der Waals surface area (Å²) in [7, 11) is -3.01. The Morgan fingerprint density at radius 2 is 2.00 bits per heavy atom. The van der Waals surface area contributed by atoms with E-state index in [-0.39, 0.29) is 5.75 Å². The van der Waals surface area contributed by atoms with Gasteiger partial charge in [-0.2, -0.15) is 0 Å². The van der Waals surface area contributed by atoms with Gasteiger partial charge in [0.2, 0.25) is 0 Å². The minimum atomic E-state index is -3.01. The van der Waals surface area contributed by atoms with Gasteiger partial charge in [-0.25, -0.2) is 8.42 Å². The third-order valence-electron chi connectivity index (χ3n) is 3.03. The van der Waals surface area contributed by atoms with E-state index in [4.69, 9.17) is 5.73 Å². The van der Waals surface area contributed by atoms with Gasteiger partial charge in [0.15, 0.2) is 0 Å². The Morgan fingerprint density at radius 1 is 1.31 bits per heavy atom. The number of hydrogen-bond acceptors (Lipinski definition) is 3. The molecular formula is C12H17NO2S. The lowest BCUT2D eigenvalue weighted by Gasteiger charge is -2.12. The molecule has 0 aliphatic heterocycles. The highest BCUT2D eigenvalue weighted by molar-refractivity contribution is 7.90. The van der Waals surface area contributed by atoms with Crippen LogP contribution >= 0.6 is 0 Å². The van der Waals surface area contributed by atoms with E-state index in [0.717, 1.165) is 18.4 Å². The van der Waals surface area contributed by atoms with Gasteiger partial charge in [-0.3, -0.25) is 0 Å². The zero-order valence-corrected chi connectivity index (χ0v) is 10.3. The highest BCUT2D eigenvalue weighted by Crippen LogP contribution is 2.25. The number of nitrogens with two attached hydrogens (primary N) is 1. The van der Waals surface area contributed by atoms with Crippen molar-refractivity contribution < 1.29 is 8.42 Å². The molecule has 0 fully saturated rings. The van der Waals surface area contributed by atoms with Crippen molar-refractivity contribution in [2.75, 3.05) is 12.0 Å². The predicted octanol–water partition coefficient (Wildman–Crippen LogP) is 1.22. The van der Waals surface area contributed by atoms with Crippen LogP contribution in [0.4, 0.5) is 0 Å². The second-order valence-corrected chi connectivity index (χ2v) is 6.77. The van der Waals surface area contributed by atoms with Gasteiger partial charge in [0, 0.05) is 12.3 Å². The Hall–Kier alpha value is -0.870. The zero-order chi connectivity index (χ0) is 11.8. The first-order chi connectivity index (χ1) is 7.46. The van der Waals surface area contributed by atoms with Crippen LogP contribution in [0.15, 0.2) is 18.2 Å². The Balaban J connectivity index is 2.21. The Kier molecular flexibility index (Phi) is 3.04. The van der Waals surface area contributed by atoms with E-state index in [2.05, 4.69) is 12.1 Å². The van der Waals surface area contributed by atoms with E-state index in [1.54, 1.807) is 0 Å². The molecule has 4 heteroatoms. The molecule has 0 heterocycles. The van der Waals surface area contributed by atoms with Crippen LogP contribution in [0.5, 0.6) is 0 Å². The number of hydrogen-bond donors (Lipinski definition) is 1. The van der Waals surface area contributed by atoms with Crippen LogP contribution in [0, 0.1) is 0 Å². The molecule has 2 N–H and O–H groups in total. The molecule has 1 aliphatic rings. The fourth-order valence-electron chi connectivity index (χ4n) is 2.24. The standard InChI is InChI=1S/C12H17NO2S/c1-16(14,15)8-12(13)11-6-5-9-3-2-4-10(9)7-11/h5-7,12H,2-4,8,13H2,1H3. The van der Waals surface area contributed by atoms with Crippen LogP contribution in [0.1, 0.15) is 29.2 Å². The minimum absolute atomic E-state index is 0.0196. The maximum Gasteiger partial charge on any atom is 0.149 e. The topological polar surface area (TPSA) is 60.2 Å². The number of aryl methyl sites for hydroxylation is 2. The number of fused-ring (bicyclic) bond motifs is 1. The smallest absolute Gasteiger partial charge is 0.149 e. The third kappa shape index (κ3) is 2.62. The molecule has 0 amide bonds. The minimum Gasteiger partial charge on any atom is -0.323 e. The monoisotopic (exact) mass is 239 g/mol. The lowest BCUT2D eigenvalue weighted by molar-refractivity contribution is 0.594. The molecule has 0 spiro atoms. The molecule has 1 atom stereocenters. The van der Waals surface area contributed by atoms with Gasteiger partial charge in [0.1, 0.15) is 9.84 Å². The Bertz CT molecular complexity index is 494. The van der Waals surface area contributed by atoms with Gasteiger partial charge in [-0.1, -0.05) is 18.2 Å². The van der Waals surface area contributed by atoms with Gasteiger partial charge >= 0.3 is 0 Å². The maximum absolute atomic E-state index is 11.2. The molecule has 1 unspecified atom stereocenters. The van der Waals surface area contributed by atoms with Crippen LogP contribution in [0.3, 0.4) is 0 Å². The van der Waals surface area contributed by atoms with Crippen molar-refractivity contribution >= 4 is 9.84 Å². The van der Waals surface area contributed by atoms with Crippen molar-refractivity contribution in [2.24, 2.45) is 5.73 Å². The van der Waals surface area contributed by atoms with E-state index >= 15 is 0 Å². The molecule has 3 nitrogen and oxygen atoms in total. The van der Waals surface area contributed by atoms with Gasteiger partial charge in [0.25, 0.3) is 0 Å². The van der Waals surface area contributed by atoms with E-state index in [1.165, 1.54) is 23.8 Å². The Labute approximate surface area is 96.6 Å². The molecule has 16 heavy (non-hydrogen) atoms. The lowest BCUT2D eigenvalue weighted by atomic mass is 10.0. The normalized spacial score (nSPS) is 17.1. The molecule has 0 saturated heterocycles. The number of benzene rings is 1. The molecule has 1 aromatic carbocycles. The fourth-order valence-corrected chi connectivity index (χ4v) is 3.09. The molecule has 0 saturated carbocycles. The molecule has 0 radical (unpaired) electrons. The molecule has 0 bridgehead atoms. The summed E-state index contributed by atoms with van der Waals surface area (Å²) >= 11 is 0. The van der Waals surface area contributed by atoms with E-state index in [0.29, 0.717) is 0 Å². The van der Waals surface area contributed by atoms with Gasteiger partial charge < -0.3 is 5.73 Å². The zero-order valence-electron chi connectivity index (χ0n) is 9.44. The molecular weight excluding hydrogens is 222 g/mol. The maximum atomic E-state index is 11.2. The summed E-state index contributed by atoms with van der Waals surface area (Å²) in [6.45, 7) is 0. The third-order valence-corrected chi connectivity index (χ3v) is 4.00. The van der Waals surface area contributed by atoms with Crippen LogP contribution in [-0.4, -0.2) is 20.4 Å². The first-order valence-corrected chi connectivity index (χ1v) is 7.57. The molecule has 1 aliphatic carbocycles. The first-order valence-electron chi connectivity index (χ1n) is 5.51. The van der Waals surface area contributed by atoms with Crippen molar-refractivity contribution in [2.45, 2.75) is 25.3 Å². The van der Waals surface area contributed by atoms with E-state index in [9.17, 15) is 8.42 Å². The molecule has 0 aromatic heterocycles. The van der Waals surface area contributed by atoms with Crippen molar-refractivity contribution in [1.29, 1.82) is 0 Å². The van der Waals surface area contributed by atoms with Crippen LogP contribution < -0.4 is 5.73 Å². The van der Waals surface area contributed by atoms with Crippen LogP contribution in [-0.2, 0) is 22.7 Å². The van der Waals surface area contributed by atoms with Crippen molar-refractivity contribution in [1.82, 2.24) is 0 Å². The highest BCUT2D eigenvalue weighted by atomic mass is 32.2. The lowest BCUT2D eigenvalue weighted by Crippen LogP contribution is -2.20. The summed E-state index contributed by atoms with van der Waals surface area (Å²) in [6.07, 6.45) is 4.64. The summed E-state index contributed by atoms with van der Waals surface area (Å²) in [6, 6.07) is 5.71. The van der Waals surface area contributed by atoms with Crippen molar-refractivity contribution in [3.8, 4) is 0 Å². The number of rotatable bonds is 3. The van der Waals surface area contributed by atoms with Crippen LogP contribution in [0.25, 0.3) is 0 Å². The van der Waals surface area contributed by atoms with Gasteiger partial charge in [-0.05, 0) is 36.0 Å². The molecule has 1 aromatic rings. The van der Waals surface area contributed by atoms with E-state index in [1.807, 2.05) is 6.07 Å². The number of sulfone groups is 1. The second-order valence-electron chi connectivity index (χ2n) is 4.58. The fraction of sp³-hybridized carbons (Fsp3) is 0.500. The summed E-state index contributed by atoms with van der Waals surface area (Å²) in [4.78, 5) is 0. The molecule has 88 valence electrons. The van der Waals surface area contributed by atoms with Crippen LogP contribution in [0.2, 0.25) is 0 Å². The van der Waals surface area contributed by atoms with Crippen molar-refractivity contribution in [3.63, 3.8) is 0 Å². The quantitative estimate of drug-likeness (QED) is 0.862. The van der Waals surface area contributed by atoms with Gasteiger partial charge in [-0.15, -0.1) is 0 Å². The Morgan fingerprint density at radius 3 is 2.69 bits per heavy atom. The largest absolute Gasteiger partial charge is 0.323 e. The summed E-state index contributed by atoms with van der Waals surface area (Å²) in [5, 5.41) is 0. The second kappa shape index (κ2) is 4.18. The molecule has 2 rings (SSSR count). The van der Waals surface area contributed by atoms with E-state index < -0.39 is 15.9 Å².